The minimum atomic E-state index is -4.51. The minimum Gasteiger partial charge on any atom is -0.391 e. The molecule has 1 aliphatic rings. The third-order valence-corrected chi connectivity index (χ3v) is 4.70. The van der Waals surface area contributed by atoms with E-state index in [4.69, 9.17) is 0 Å². The van der Waals surface area contributed by atoms with E-state index < -0.39 is 30.7 Å². The quantitative estimate of drug-likeness (QED) is 0.839. The molecular formula is C16H28F3NO2. The summed E-state index contributed by atoms with van der Waals surface area (Å²) in [7, 11) is 0. The van der Waals surface area contributed by atoms with E-state index in [2.05, 4.69) is 13.8 Å². The van der Waals surface area contributed by atoms with Gasteiger partial charge in [-0.05, 0) is 37.5 Å². The minimum absolute atomic E-state index is 0.00000945. The predicted octanol–water partition coefficient (Wildman–Crippen LogP) is 3.61. The molecule has 5 atom stereocenters. The third kappa shape index (κ3) is 5.45. The second-order valence-electron chi connectivity index (χ2n) is 6.90. The standard InChI is InChI=1S/C16H28F3NO2/c1-5-10(2)6-13-7-11(3)15(12(4)21)20(9-13)14(22)8-16(17,18)19/h10-13,15,21H,5-9H2,1-4H3/t10-,11+,12-,13?,15?/m0/s1. The number of amides is 1. The number of nitrogens with zero attached hydrogens (tertiary/aromatic N) is 1. The second-order valence-corrected chi connectivity index (χ2v) is 6.90. The smallest absolute Gasteiger partial charge is 0.391 e. The number of piperidine rings is 1. The van der Waals surface area contributed by atoms with Crippen LogP contribution < -0.4 is 0 Å². The van der Waals surface area contributed by atoms with E-state index in [9.17, 15) is 23.1 Å². The fourth-order valence-electron chi connectivity index (χ4n) is 3.63. The van der Waals surface area contributed by atoms with E-state index in [1.165, 1.54) is 4.90 Å². The van der Waals surface area contributed by atoms with E-state index in [1.54, 1.807) is 6.92 Å². The molecule has 0 saturated carbocycles. The van der Waals surface area contributed by atoms with E-state index in [0.717, 1.165) is 19.3 Å². The number of carbonyl (C=O) groups is 1. The van der Waals surface area contributed by atoms with Gasteiger partial charge in [-0.1, -0.05) is 27.2 Å². The molecule has 1 N–H and O–H groups in total. The van der Waals surface area contributed by atoms with Crippen LogP contribution in [-0.4, -0.2) is 40.8 Å². The fraction of sp³-hybridized carbons (Fsp3) is 0.938. The number of aliphatic hydroxyl groups excluding tert-OH is 1. The summed E-state index contributed by atoms with van der Waals surface area (Å²) < 4.78 is 37.6. The SMILES string of the molecule is CC[C@H](C)CC1C[C@@H](C)C([C@H](C)O)N(C(=O)CC(F)(F)F)C1. The van der Waals surface area contributed by atoms with Gasteiger partial charge in [0.05, 0.1) is 12.1 Å². The Morgan fingerprint density at radius 3 is 2.41 bits per heavy atom. The van der Waals surface area contributed by atoms with Gasteiger partial charge < -0.3 is 10.0 Å². The van der Waals surface area contributed by atoms with Crippen LogP contribution in [0.2, 0.25) is 0 Å². The van der Waals surface area contributed by atoms with Gasteiger partial charge in [0.2, 0.25) is 5.91 Å². The maximum atomic E-state index is 12.5. The fourth-order valence-corrected chi connectivity index (χ4v) is 3.63. The summed E-state index contributed by atoms with van der Waals surface area (Å²) in [6, 6.07) is -0.525. The number of rotatable bonds is 5. The van der Waals surface area contributed by atoms with Crippen LogP contribution in [-0.2, 0) is 4.79 Å². The van der Waals surface area contributed by atoms with Gasteiger partial charge in [0.15, 0.2) is 0 Å². The molecule has 0 aromatic heterocycles. The van der Waals surface area contributed by atoms with Crippen LogP contribution in [0.3, 0.4) is 0 Å². The van der Waals surface area contributed by atoms with Crippen LogP contribution in [0.25, 0.3) is 0 Å². The van der Waals surface area contributed by atoms with Crippen LogP contribution in [0, 0.1) is 17.8 Å². The molecule has 6 heteroatoms. The normalized spacial score (nSPS) is 29.3. The number of aliphatic hydroxyl groups is 1. The summed E-state index contributed by atoms with van der Waals surface area (Å²) in [5, 5.41) is 9.90. The van der Waals surface area contributed by atoms with Crippen molar-refractivity contribution in [2.24, 2.45) is 17.8 Å². The Labute approximate surface area is 130 Å². The van der Waals surface area contributed by atoms with Gasteiger partial charge in [-0.15, -0.1) is 0 Å². The molecule has 22 heavy (non-hydrogen) atoms. The Balaban J connectivity index is 2.87. The molecule has 1 saturated heterocycles. The van der Waals surface area contributed by atoms with E-state index in [-0.39, 0.29) is 11.8 Å². The molecule has 1 aliphatic heterocycles. The Bertz CT molecular complexity index is 371. The molecule has 0 spiro atoms. The summed E-state index contributed by atoms with van der Waals surface area (Å²) in [5.74, 6) is -0.226. The summed E-state index contributed by atoms with van der Waals surface area (Å²) in [6.45, 7) is 7.98. The van der Waals surface area contributed by atoms with Crippen molar-refractivity contribution in [1.82, 2.24) is 4.90 Å². The highest BCUT2D eigenvalue weighted by molar-refractivity contribution is 5.77. The first-order valence-corrected chi connectivity index (χ1v) is 8.09. The average Bonchev–Trinajstić information content (AvgIpc) is 2.35. The summed E-state index contributed by atoms with van der Waals surface area (Å²) in [6.07, 6.45) is -4.01. The molecule has 0 aromatic carbocycles. The first-order valence-electron chi connectivity index (χ1n) is 8.09. The second kappa shape index (κ2) is 7.66. The van der Waals surface area contributed by atoms with Crippen molar-refractivity contribution >= 4 is 5.91 Å². The van der Waals surface area contributed by atoms with Gasteiger partial charge in [-0.3, -0.25) is 4.79 Å². The zero-order valence-electron chi connectivity index (χ0n) is 13.9. The lowest BCUT2D eigenvalue weighted by Gasteiger charge is -2.45. The van der Waals surface area contributed by atoms with Crippen molar-refractivity contribution < 1.29 is 23.1 Å². The average molecular weight is 323 g/mol. The van der Waals surface area contributed by atoms with Gasteiger partial charge >= 0.3 is 6.18 Å². The third-order valence-electron chi connectivity index (χ3n) is 4.70. The zero-order chi connectivity index (χ0) is 17.1. The highest BCUT2D eigenvalue weighted by Gasteiger charge is 2.42. The maximum absolute atomic E-state index is 12.5. The first-order chi connectivity index (χ1) is 10.0. The molecule has 130 valence electrons. The van der Waals surface area contributed by atoms with E-state index >= 15 is 0 Å². The number of likely N-dealkylation sites (tertiary alicyclic amines) is 1. The molecule has 1 heterocycles. The Morgan fingerprint density at radius 2 is 1.95 bits per heavy atom. The molecule has 3 nitrogen and oxygen atoms in total. The first kappa shape index (κ1) is 19.3. The number of carbonyl (C=O) groups excluding carboxylic acids is 1. The van der Waals surface area contributed by atoms with Gasteiger partial charge in [0.25, 0.3) is 0 Å². The maximum Gasteiger partial charge on any atom is 0.397 e. The van der Waals surface area contributed by atoms with Crippen LogP contribution in [0.1, 0.15) is 53.4 Å². The van der Waals surface area contributed by atoms with Crippen LogP contribution in [0.4, 0.5) is 13.2 Å². The molecule has 0 radical (unpaired) electrons. The van der Waals surface area contributed by atoms with Crippen molar-refractivity contribution in [3.8, 4) is 0 Å². The number of alkyl halides is 3. The van der Waals surface area contributed by atoms with Gasteiger partial charge in [-0.2, -0.15) is 13.2 Å². The topological polar surface area (TPSA) is 40.5 Å². The van der Waals surface area contributed by atoms with E-state index in [1.807, 2.05) is 6.92 Å². The van der Waals surface area contributed by atoms with Crippen LogP contribution >= 0.6 is 0 Å². The van der Waals surface area contributed by atoms with Gasteiger partial charge in [-0.25, -0.2) is 0 Å². The highest BCUT2D eigenvalue weighted by atomic mass is 19.4. The zero-order valence-corrected chi connectivity index (χ0v) is 13.9. The van der Waals surface area contributed by atoms with Crippen molar-refractivity contribution in [2.45, 2.75) is 71.7 Å². The molecule has 2 unspecified atom stereocenters. The molecular weight excluding hydrogens is 295 g/mol. The molecule has 1 rings (SSSR count). The van der Waals surface area contributed by atoms with Crippen molar-refractivity contribution in [3.63, 3.8) is 0 Å². The molecule has 1 amide bonds. The van der Waals surface area contributed by atoms with Gasteiger partial charge in [0, 0.05) is 6.54 Å². The Kier molecular flexibility index (Phi) is 6.71. The number of hydrogen-bond acceptors (Lipinski definition) is 2. The number of hydrogen-bond donors (Lipinski definition) is 1. The summed E-state index contributed by atoms with van der Waals surface area (Å²) in [4.78, 5) is 13.3. The lowest BCUT2D eigenvalue weighted by atomic mass is 9.78. The molecule has 0 bridgehead atoms. The van der Waals surface area contributed by atoms with Gasteiger partial charge in [0.1, 0.15) is 6.42 Å². The lowest BCUT2D eigenvalue weighted by molar-refractivity contribution is -0.169. The van der Waals surface area contributed by atoms with E-state index in [0.29, 0.717) is 12.5 Å². The molecule has 0 aromatic rings. The van der Waals surface area contributed by atoms with Crippen LogP contribution in [0.5, 0.6) is 0 Å². The Morgan fingerprint density at radius 1 is 1.36 bits per heavy atom. The van der Waals surface area contributed by atoms with Crippen LogP contribution in [0.15, 0.2) is 0 Å². The molecule has 1 fully saturated rings. The number of halogens is 3. The molecule has 0 aliphatic carbocycles. The lowest BCUT2D eigenvalue weighted by Crippen LogP contribution is -2.56. The summed E-state index contributed by atoms with van der Waals surface area (Å²) in [5.41, 5.74) is 0. The predicted molar refractivity (Wildman–Crippen MR) is 79.2 cm³/mol. The van der Waals surface area contributed by atoms with Crippen molar-refractivity contribution in [2.75, 3.05) is 6.54 Å². The largest absolute Gasteiger partial charge is 0.397 e. The van der Waals surface area contributed by atoms with Crippen molar-refractivity contribution in [3.05, 3.63) is 0 Å². The van der Waals surface area contributed by atoms with Crippen molar-refractivity contribution in [1.29, 1.82) is 0 Å². The monoisotopic (exact) mass is 323 g/mol. The summed E-state index contributed by atoms with van der Waals surface area (Å²) >= 11 is 0. The highest BCUT2D eigenvalue weighted by Crippen LogP contribution is 2.34. The Hall–Kier alpha value is -0.780.